The molecule has 0 heterocycles. The highest BCUT2D eigenvalue weighted by Crippen LogP contribution is 2.35. The molecule has 0 radical (unpaired) electrons. The van der Waals surface area contributed by atoms with E-state index in [1.165, 1.54) is 19.2 Å². The van der Waals surface area contributed by atoms with Gasteiger partial charge in [-0.1, -0.05) is 6.92 Å². The summed E-state index contributed by atoms with van der Waals surface area (Å²) in [6.07, 6.45) is 0.319. The summed E-state index contributed by atoms with van der Waals surface area (Å²) in [5.74, 6) is -1.49. The van der Waals surface area contributed by atoms with E-state index in [2.05, 4.69) is 5.32 Å². The first-order valence-electron chi connectivity index (χ1n) is 9.40. The molecule has 1 N–H and O–H groups in total. The summed E-state index contributed by atoms with van der Waals surface area (Å²) in [6, 6.07) is 8.26. The van der Waals surface area contributed by atoms with E-state index in [-0.39, 0.29) is 35.1 Å². The molecule has 31 heavy (non-hydrogen) atoms. The fourth-order valence-electron chi connectivity index (χ4n) is 2.57. The van der Waals surface area contributed by atoms with Crippen molar-refractivity contribution < 1.29 is 33.5 Å². The number of carbonyl (C=O) groups excluding carboxylic acids is 3. The molecule has 2 aromatic carbocycles. The number of nitro benzene ring substituents is 1. The Morgan fingerprint density at radius 3 is 2.29 bits per heavy atom. The summed E-state index contributed by atoms with van der Waals surface area (Å²) >= 11 is 0. The third-order valence-electron chi connectivity index (χ3n) is 4.14. The van der Waals surface area contributed by atoms with Crippen LogP contribution in [0.4, 0.5) is 11.4 Å². The Hall–Kier alpha value is -3.95. The average Bonchev–Trinajstić information content (AvgIpc) is 2.77. The van der Waals surface area contributed by atoms with Crippen LogP contribution in [0.25, 0.3) is 0 Å². The molecule has 0 fully saturated rings. The quantitative estimate of drug-likeness (QED) is 0.262. The summed E-state index contributed by atoms with van der Waals surface area (Å²) < 4.78 is 15.4. The molecule has 0 aliphatic heterocycles. The third kappa shape index (κ3) is 6.01. The number of amides is 1. The zero-order chi connectivity index (χ0) is 23.0. The highest BCUT2D eigenvalue weighted by Gasteiger charge is 2.26. The minimum atomic E-state index is -1.05. The van der Waals surface area contributed by atoms with E-state index in [1.807, 2.05) is 0 Å². The molecule has 10 heteroatoms. The van der Waals surface area contributed by atoms with Crippen LogP contribution >= 0.6 is 0 Å². The molecule has 0 aliphatic carbocycles. The number of hydrogen-bond donors (Lipinski definition) is 1. The molecule has 1 amide bonds. The highest BCUT2D eigenvalue weighted by molar-refractivity contribution is 6.01. The number of carbonyl (C=O) groups is 3. The average molecular weight is 430 g/mol. The first-order chi connectivity index (χ1) is 14.8. The van der Waals surface area contributed by atoms with Crippen molar-refractivity contribution in [1.29, 1.82) is 0 Å². The molecule has 0 saturated carbocycles. The van der Waals surface area contributed by atoms with Crippen molar-refractivity contribution in [1.82, 2.24) is 0 Å². The van der Waals surface area contributed by atoms with Crippen molar-refractivity contribution in [3.05, 3.63) is 57.6 Å². The Labute approximate surface area is 178 Å². The fraction of sp³-hybridized carbons (Fsp3) is 0.286. The highest BCUT2D eigenvalue weighted by atomic mass is 16.6. The lowest BCUT2D eigenvalue weighted by molar-refractivity contribution is -0.385. The van der Waals surface area contributed by atoms with Gasteiger partial charge in [0.05, 0.1) is 24.7 Å². The first-order valence-corrected chi connectivity index (χ1v) is 9.40. The molecule has 2 aromatic rings. The Balaban J connectivity index is 2.13. The van der Waals surface area contributed by atoms with Crippen LogP contribution in [0.15, 0.2) is 36.4 Å². The van der Waals surface area contributed by atoms with Crippen LogP contribution in [0.3, 0.4) is 0 Å². The molecule has 0 aromatic heterocycles. The smallest absolute Gasteiger partial charge is 0.345 e. The predicted octanol–water partition coefficient (Wildman–Crippen LogP) is 3.39. The van der Waals surface area contributed by atoms with Crippen LogP contribution in [-0.2, 0) is 9.53 Å². The number of ketones is 1. The van der Waals surface area contributed by atoms with Gasteiger partial charge in [-0.25, -0.2) is 4.79 Å². The van der Waals surface area contributed by atoms with Crippen LogP contribution in [-0.4, -0.2) is 42.9 Å². The second kappa shape index (κ2) is 10.7. The monoisotopic (exact) mass is 430 g/mol. The van der Waals surface area contributed by atoms with Crippen LogP contribution in [0.2, 0.25) is 0 Å². The summed E-state index contributed by atoms with van der Waals surface area (Å²) in [4.78, 5) is 46.8. The lowest BCUT2D eigenvalue weighted by atomic mass is 10.1. The van der Waals surface area contributed by atoms with Crippen molar-refractivity contribution >= 4 is 29.0 Å². The molecule has 0 aliphatic rings. The number of benzene rings is 2. The second-order valence-corrected chi connectivity index (χ2v) is 6.19. The van der Waals surface area contributed by atoms with E-state index in [9.17, 15) is 24.5 Å². The lowest BCUT2D eigenvalue weighted by Crippen LogP contribution is -2.16. The Bertz CT molecular complexity index is 986. The van der Waals surface area contributed by atoms with Gasteiger partial charge in [0.25, 0.3) is 5.69 Å². The zero-order valence-electron chi connectivity index (χ0n) is 17.3. The maximum Gasteiger partial charge on any atom is 0.345 e. The van der Waals surface area contributed by atoms with Crippen LogP contribution in [0, 0.1) is 10.1 Å². The molecule has 0 spiro atoms. The van der Waals surface area contributed by atoms with Crippen molar-refractivity contribution in [3.63, 3.8) is 0 Å². The van der Waals surface area contributed by atoms with Gasteiger partial charge in [-0.3, -0.25) is 19.7 Å². The number of nitrogens with zero attached hydrogens (tertiary/aromatic N) is 1. The van der Waals surface area contributed by atoms with Gasteiger partial charge in [-0.2, -0.15) is 0 Å². The van der Waals surface area contributed by atoms with Crippen molar-refractivity contribution in [2.75, 3.05) is 25.6 Å². The molecule has 164 valence electrons. The van der Waals surface area contributed by atoms with Gasteiger partial charge in [-0.15, -0.1) is 0 Å². The van der Waals surface area contributed by atoms with E-state index < -0.39 is 29.0 Å². The van der Waals surface area contributed by atoms with Crippen LogP contribution in [0.1, 0.15) is 41.0 Å². The molecular formula is C21H22N2O8. The number of anilines is 1. The van der Waals surface area contributed by atoms with Crippen molar-refractivity contribution in [3.8, 4) is 11.5 Å². The number of Topliss-reactive ketones (excluding diaryl/α,β-unsaturated/α-hetero) is 1. The van der Waals surface area contributed by atoms with Gasteiger partial charge >= 0.3 is 5.97 Å². The van der Waals surface area contributed by atoms with E-state index in [0.717, 1.165) is 12.1 Å². The van der Waals surface area contributed by atoms with Crippen molar-refractivity contribution in [2.45, 2.75) is 20.3 Å². The summed E-state index contributed by atoms with van der Waals surface area (Å²) in [5, 5.41) is 14.0. The van der Waals surface area contributed by atoms with E-state index >= 15 is 0 Å². The van der Waals surface area contributed by atoms with Gasteiger partial charge in [-0.05, 0) is 31.2 Å². The Morgan fingerprint density at radius 1 is 1.06 bits per heavy atom. The summed E-state index contributed by atoms with van der Waals surface area (Å²) in [5.41, 5.74) is -0.118. The zero-order valence-corrected chi connectivity index (χ0v) is 17.3. The Morgan fingerprint density at radius 2 is 1.74 bits per heavy atom. The van der Waals surface area contributed by atoms with Gasteiger partial charge in [0.15, 0.2) is 23.9 Å². The maximum absolute atomic E-state index is 12.4. The van der Waals surface area contributed by atoms with E-state index in [0.29, 0.717) is 12.1 Å². The van der Waals surface area contributed by atoms with Gasteiger partial charge < -0.3 is 19.5 Å². The largest absolute Gasteiger partial charge is 0.493 e. The minimum Gasteiger partial charge on any atom is -0.493 e. The number of nitro groups is 1. The SMILES string of the molecule is CCOc1cc([N+](=O)[O-])c(C(=O)OCC(=O)c2ccc(NC(=O)CC)cc2)cc1OC. The topological polar surface area (TPSA) is 134 Å². The third-order valence-corrected chi connectivity index (χ3v) is 4.14. The lowest BCUT2D eigenvalue weighted by Gasteiger charge is -2.11. The number of rotatable bonds is 10. The Kier molecular flexibility index (Phi) is 8.07. The van der Waals surface area contributed by atoms with Crippen molar-refractivity contribution in [2.24, 2.45) is 0 Å². The fourth-order valence-corrected chi connectivity index (χ4v) is 2.57. The standard InChI is InChI=1S/C21H22N2O8/c1-4-20(25)22-14-8-6-13(7-9-14)17(24)12-31-21(26)15-10-18(29-3)19(30-5-2)11-16(15)23(27)28/h6-11H,4-5,12H2,1-3H3,(H,22,25). The number of ether oxygens (including phenoxy) is 3. The van der Waals surface area contributed by atoms with E-state index in [1.54, 1.807) is 26.0 Å². The second-order valence-electron chi connectivity index (χ2n) is 6.19. The first kappa shape index (κ1) is 23.3. The predicted molar refractivity (Wildman–Crippen MR) is 111 cm³/mol. The number of esters is 1. The molecule has 10 nitrogen and oxygen atoms in total. The summed E-state index contributed by atoms with van der Waals surface area (Å²) in [7, 11) is 1.33. The molecule has 0 bridgehead atoms. The molecule has 0 unspecified atom stereocenters. The molecule has 0 saturated heterocycles. The van der Waals surface area contributed by atoms with Gasteiger partial charge in [0.2, 0.25) is 5.91 Å². The van der Waals surface area contributed by atoms with E-state index in [4.69, 9.17) is 14.2 Å². The summed E-state index contributed by atoms with van der Waals surface area (Å²) in [6.45, 7) is 3.04. The number of methoxy groups -OCH3 is 1. The number of nitrogens with one attached hydrogen (secondary N) is 1. The molecular weight excluding hydrogens is 408 g/mol. The maximum atomic E-state index is 12.4. The van der Waals surface area contributed by atoms with Crippen LogP contribution < -0.4 is 14.8 Å². The van der Waals surface area contributed by atoms with Gasteiger partial charge in [0.1, 0.15) is 5.56 Å². The normalized spacial score (nSPS) is 10.2. The molecule has 2 rings (SSSR count). The molecule has 0 atom stereocenters. The van der Waals surface area contributed by atoms with Gasteiger partial charge in [0, 0.05) is 23.7 Å². The van der Waals surface area contributed by atoms with Crippen LogP contribution in [0.5, 0.6) is 11.5 Å². The minimum absolute atomic E-state index is 0.111. The number of hydrogen-bond acceptors (Lipinski definition) is 8.